The Morgan fingerprint density at radius 3 is 2.74 bits per heavy atom. The van der Waals surface area contributed by atoms with Gasteiger partial charge in [-0.3, -0.25) is 4.79 Å². The molecule has 2 aromatic rings. The summed E-state index contributed by atoms with van der Waals surface area (Å²) in [7, 11) is 2.01. The van der Waals surface area contributed by atoms with Crippen molar-refractivity contribution in [1.29, 1.82) is 0 Å². The Labute approximate surface area is 165 Å². The molecule has 3 rings (SSSR count). The molecule has 144 valence electrons. The summed E-state index contributed by atoms with van der Waals surface area (Å²) in [6, 6.07) is 12.7. The molecule has 0 aromatic heterocycles. The number of hydrogen-bond donors (Lipinski definition) is 1. The fourth-order valence-electron chi connectivity index (χ4n) is 2.93. The normalized spacial score (nSPS) is 16.2. The molecule has 1 amide bonds. The van der Waals surface area contributed by atoms with Gasteiger partial charge in [0, 0.05) is 36.5 Å². The Hall–Kier alpha value is -2.24. The van der Waals surface area contributed by atoms with Crippen molar-refractivity contribution in [2.24, 2.45) is 0 Å². The second-order valence-corrected chi connectivity index (χ2v) is 7.04. The number of carbonyl (C=O) groups is 1. The molecule has 1 atom stereocenters. The van der Waals surface area contributed by atoms with Crippen molar-refractivity contribution in [1.82, 2.24) is 0 Å². The van der Waals surface area contributed by atoms with Gasteiger partial charge in [-0.1, -0.05) is 11.6 Å². The molecule has 0 spiro atoms. The molecule has 1 aliphatic heterocycles. The van der Waals surface area contributed by atoms with Crippen molar-refractivity contribution in [2.75, 3.05) is 37.0 Å². The van der Waals surface area contributed by atoms with Crippen molar-refractivity contribution in [3.8, 4) is 5.75 Å². The van der Waals surface area contributed by atoms with Crippen LogP contribution in [0.4, 0.5) is 11.4 Å². The van der Waals surface area contributed by atoms with Crippen LogP contribution >= 0.6 is 11.6 Å². The highest BCUT2D eigenvalue weighted by Crippen LogP contribution is 2.29. The molecular weight excluding hydrogens is 364 g/mol. The standard InChI is InChI=1S/C21H25ClN2O3/c1-3-24(2)17-9-6-15(7-10-17)21(25)23-19-13-16(22)8-11-20(19)27-14-18-5-4-12-26-18/h6-11,13,18H,3-5,12,14H2,1-2H3,(H,23,25). The van der Waals surface area contributed by atoms with Crippen LogP contribution in [0.3, 0.4) is 0 Å². The number of ether oxygens (including phenoxy) is 2. The number of amides is 1. The number of benzene rings is 2. The second-order valence-electron chi connectivity index (χ2n) is 6.60. The second kappa shape index (κ2) is 9.11. The summed E-state index contributed by atoms with van der Waals surface area (Å²) in [6.45, 7) is 4.22. The highest BCUT2D eigenvalue weighted by Gasteiger charge is 2.18. The van der Waals surface area contributed by atoms with Gasteiger partial charge in [0.15, 0.2) is 0 Å². The predicted molar refractivity (Wildman–Crippen MR) is 109 cm³/mol. The zero-order chi connectivity index (χ0) is 19.2. The molecule has 1 unspecified atom stereocenters. The van der Waals surface area contributed by atoms with Crippen LogP contribution in [-0.2, 0) is 4.74 Å². The number of hydrogen-bond acceptors (Lipinski definition) is 4. The summed E-state index contributed by atoms with van der Waals surface area (Å²) in [5, 5.41) is 3.44. The molecule has 0 bridgehead atoms. The molecule has 1 aliphatic rings. The third kappa shape index (κ3) is 5.15. The van der Waals surface area contributed by atoms with Gasteiger partial charge in [0.2, 0.25) is 0 Å². The van der Waals surface area contributed by atoms with E-state index in [2.05, 4.69) is 17.1 Å². The van der Waals surface area contributed by atoms with Gasteiger partial charge >= 0.3 is 0 Å². The molecule has 27 heavy (non-hydrogen) atoms. The third-order valence-corrected chi connectivity index (χ3v) is 4.92. The van der Waals surface area contributed by atoms with Crippen LogP contribution < -0.4 is 15.0 Å². The van der Waals surface area contributed by atoms with E-state index in [4.69, 9.17) is 21.1 Å². The van der Waals surface area contributed by atoms with E-state index in [1.54, 1.807) is 18.2 Å². The number of rotatable bonds is 7. The highest BCUT2D eigenvalue weighted by atomic mass is 35.5. The Bertz CT molecular complexity index is 773. The largest absolute Gasteiger partial charge is 0.489 e. The van der Waals surface area contributed by atoms with Crippen molar-refractivity contribution < 1.29 is 14.3 Å². The predicted octanol–water partition coefficient (Wildman–Crippen LogP) is 4.61. The SMILES string of the molecule is CCN(C)c1ccc(C(=O)Nc2cc(Cl)ccc2OCC2CCCO2)cc1. The minimum atomic E-state index is -0.204. The van der Waals surface area contributed by atoms with E-state index in [1.807, 2.05) is 31.3 Å². The lowest BCUT2D eigenvalue weighted by Gasteiger charge is -2.17. The van der Waals surface area contributed by atoms with Gasteiger partial charge < -0.3 is 19.7 Å². The maximum atomic E-state index is 12.6. The topological polar surface area (TPSA) is 50.8 Å². The monoisotopic (exact) mass is 388 g/mol. The van der Waals surface area contributed by atoms with Gasteiger partial charge in [-0.25, -0.2) is 0 Å². The van der Waals surface area contributed by atoms with Gasteiger partial charge in [-0.05, 0) is 62.2 Å². The Morgan fingerprint density at radius 2 is 2.07 bits per heavy atom. The van der Waals surface area contributed by atoms with Crippen LogP contribution in [0.15, 0.2) is 42.5 Å². The molecule has 1 heterocycles. The summed E-state index contributed by atoms with van der Waals surface area (Å²) in [5.74, 6) is 0.385. The molecule has 0 aliphatic carbocycles. The average Bonchev–Trinajstić information content (AvgIpc) is 3.20. The number of nitrogens with one attached hydrogen (secondary N) is 1. The van der Waals surface area contributed by atoms with Crippen molar-refractivity contribution >= 4 is 28.9 Å². The number of nitrogens with zero attached hydrogens (tertiary/aromatic N) is 1. The number of carbonyl (C=O) groups excluding carboxylic acids is 1. The van der Waals surface area contributed by atoms with E-state index in [0.29, 0.717) is 28.6 Å². The summed E-state index contributed by atoms with van der Waals surface area (Å²) >= 11 is 6.11. The Kier molecular flexibility index (Phi) is 6.58. The Balaban J connectivity index is 1.69. The number of halogens is 1. The fraction of sp³-hybridized carbons (Fsp3) is 0.381. The molecule has 1 N–H and O–H groups in total. The first-order chi connectivity index (χ1) is 13.1. The van der Waals surface area contributed by atoms with E-state index in [1.165, 1.54) is 0 Å². The lowest BCUT2D eigenvalue weighted by molar-refractivity contribution is 0.0682. The molecule has 2 aromatic carbocycles. The third-order valence-electron chi connectivity index (χ3n) is 4.68. The summed E-state index contributed by atoms with van der Waals surface area (Å²) in [6.07, 6.45) is 2.15. The van der Waals surface area contributed by atoms with E-state index in [-0.39, 0.29) is 12.0 Å². The lowest BCUT2D eigenvalue weighted by Crippen LogP contribution is -2.18. The van der Waals surface area contributed by atoms with Crippen LogP contribution in [0.2, 0.25) is 5.02 Å². The van der Waals surface area contributed by atoms with Crippen molar-refractivity contribution in [3.05, 3.63) is 53.1 Å². The van der Waals surface area contributed by atoms with Gasteiger partial charge in [-0.2, -0.15) is 0 Å². The highest BCUT2D eigenvalue weighted by molar-refractivity contribution is 6.31. The lowest BCUT2D eigenvalue weighted by atomic mass is 10.1. The van der Waals surface area contributed by atoms with Crippen molar-refractivity contribution in [2.45, 2.75) is 25.9 Å². The zero-order valence-electron chi connectivity index (χ0n) is 15.7. The minimum absolute atomic E-state index is 0.104. The molecule has 1 fully saturated rings. The molecule has 6 heteroatoms. The first-order valence-corrected chi connectivity index (χ1v) is 9.61. The van der Waals surface area contributed by atoms with Gasteiger partial charge in [0.25, 0.3) is 5.91 Å². The van der Waals surface area contributed by atoms with E-state index in [0.717, 1.165) is 31.7 Å². The maximum Gasteiger partial charge on any atom is 0.255 e. The smallest absolute Gasteiger partial charge is 0.255 e. The van der Waals surface area contributed by atoms with Crippen LogP contribution in [0.25, 0.3) is 0 Å². The molecule has 0 saturated carbocycles. The zero-order valence-corrected chi connectivity index (χ0v) is 16.5. The molecule has 1 saturated heterocycles. The number of anilines is 2. The maximum absolute atomic E-state index is 12.6. The van der Waals surface area contributed by atoms with E-state index < -0.39 is 0 Å². The van der Waals surface area contributed by atoms with Crippen LogP contribution in [-0.4, -0.2) is 38.8 Å². The summed E-state index contributed by atoms with van der Waals surface area (Å²) < 4.78 is 11.5. The van der Waals surface area contributed by atoms with Gasteiger partial charge in [-0.15, -0.1) is 0 Å². The van der Waals surface area contributed by atoms with Gasteiger partial charge in [0.1, 0.15) is 12.4 Å². The molecule has 5 nitrogen and oxygen atoms in total. The average molecular weight is 389 g/mol. The quantitative estimate of drug-likeness (QED) is 0.752. The van der Waals surface area contributed by atoms with Gasteiger partial charge in [0.05, 0.1) is 11.8 Å². The van der Waals surface area contributed by atoms with Crippen LogP contribution in [0.1, 0.15) is 30.1 Å². The summed E-state index contributed by atoms with van der Waals surface area (Å²) in [5.41, 5.74) is 2.20. The minimum Gasteiger partial charge on any atom is -0.489 e. The summed E-state index contributed by atoms with van der Waals surface area (Å²) in [4.78, 5) is 14.7. The van der Waals surface area contributed by atoms with Crippen LogP contribution in [0, 0.1) is 0 Å². The van der Waals surface area contributed by atoms with Crippen molar-refractivity contribution in [3.63, 3.8) is 0 Å². The van der Waals surface area contributed by atoms with Crippen LogP contribution in [0.5, 0.6) is 5.75 Å². The molecule has 0 radical (unpaired) electrons. The van der Waals surface area contributed by atoms with E-state index >= 15 is 0 Å². The van der Waals surface area contributed by atoms with E-state index in [9.17, 15) is 4.79 Å². The first kappa shape index (κ1) is 19.5. The Morgan fingerprint density at radius 1 is 1.30 bits per heavy atom. The molecular formula is C21H25ClN2O3. The first-order valence-electron chi connectivity index (χ1n) is 9.23. The fourth-order valence-corrected chi connectivity index (χ4v) is 3.10.